The lowest BCUT2D eigenvalue weighted by molar-refractivity contribution is -0.147. The molecule has 174 valence electrons. The van der Waals surface area contributed by atoms with Crippen LogP contribution in [0.5, 0.6) is 11.5 Å². The quantitative estimate of drug-likeness (QED) is 0.382. The van der Waals surface area contributed by atoms with E-state index in [2.05, 4.69) is 5.32 Å². The van der Waals surface area contributed by atoms with Crippen LogP contribution in [0.4, 0.5) is 4.39 Å². The molecular weight excluding hydrogens is 425 g/mol. The van der Waals surface area contributed by atoms with Crippen molar-refractivity contribution in [1.29, 1.82) is 0 Å². The Bertz CT molecular complexity index is 1030. The summed E-state index contributed by atoms with van der Waals surface area (Å²) in [5.41, 5.74) is 2.05. The van der Waals surface area contributed by atoms with Crippen molar-refractivity contribution in [3.8, 4) is 11.5 Å². The maximum absolute atomic E-state index is 14.4. The second-order valence-corrected chi connectivity index (χ2v) is 7.72. The average molecular weight is 454 g/mol. The third kappa shape index (κ3) is 7.59. The number of esters is 1. The van der Waals surface area contributed by atoms with Crippen molar-refractivity contribution >= 4 is 5.97 Å². The second kappa shape index (κ2) is 12.0. The second-order valence-electron chi connectivity index (χ2n) is 7.72. The Morgan fingerprint density at radius 3 is 2.48 bits per heavy atom. The highest BCUT2D eigenvalue weighted by Crippen LogP contribution is 2.20. The molecule has 0 unspecified atom stereocenters. The summed E-state index contributed by atoms with van der Waals surface area (Å²) in [6.45, 7) is 2.14. The van der Waals surface area contributed by atoms with Gasteiger partial charge in [-0.2, -0.15) is 0 Å². The van der Waals surface area contributed by atoms with E-state index in [1.165, 1.54) is 18.2 Å². The lowest BCUT2D eigenvalue weighted by atomic mass is 10.0. The molecule has 6 nitrogen and oxygen atoms in total. The van der Waals surface area contributed by atoms with Crippen LogP contribution in [0, 0.1) is 5.82 Å². The summed E-state index contributed by atoms with van der Waals surface area (Å²) < 4.78 is 24.9. The summed E-state index contributed by atoms with van der Waals surface area (Å²) in [6, 6.07) is 19.9. The van der Waals surface area contributed by atoms with E-state index in [-0.39, 0.29) is 30.8 Å². The smallest absolute Gasteiger partial charge is 0.344 e. The first-order valence-electron chi connectivity index (χ1n) is 10.7. The van der Waals surface area contributed by atoms with Crippen LogP contribution in [0.2, 0.25) is 0 Å². The number of aliphatic hydroxyl groups excluding tert-OH is 1. The van der Waals surface area contributed by atoms with Crippen molar-refractivity contribution in [3.63, 3.8) is 0 Å². The Labute approximate surface area is 192 Å². The van der Waals surface area contributed by atoms with Crippen LogP contribution < -0.4 is 10.1 Å². The van der Waals surface area contributed by atoms with Crippen LogP contribution in [0.3, 0.4) is 0 Å². The summed E-state index contributed by atoms with van der Waals surface area (Å²) in [7, 11) is 0. The minimum atomic E-state index is -0.757. The Morgan fingerprint density at radius 2 is 1.79 bits per heavy atom. The van der Waals surface area contributed by atoms with Gasteiger partial charge in [0.15, 0.2) is 6.61 Å². The van der Waals surface area contributed by atoms with Gasteiger partial charge in [-0.05, 0) is 54.8 Å². The average Bonchev–Trinajstić information content (AvgIpc) is 2.83. The molecule has 0 amide bonds. The number of phenols is 1. The molecule has 0 fully saturated rings. The number of rotatable bonds is 11. The van der Waals surface area contributed by atoms with Gasteiger partial charge < -0.3 is 25.0 Å². The number of hydrogen-bond acceptors (Lipinski definition) is 6. The zero-order valence-electron chi connectivity index (χ0n) is 18.4. The van der Waals surface area contributed by atoms with Crippen molar-refractivity contribution in [2.75, 3.05) is 13.2 Å². The molecule has 0 radical (unpaired) electrons. The number of hydrogen-bond donors (Lipinski definition) is 3. The van der Waals surface area contributed by atoms with E-state index < -0.39 is 17.9 Å². The van der Waals surface area contributed by atoms with Crippen LogP contribution >= 0.6 is 0 Å². The minimum Gasteiger partial charge on any atom is -0.508 e. The third-order valence-corrected chi connectivity index (χ3v) is 5.19. The van der Waals surface area contributed by atoms with Gasteiger partial charge in [-0.25, -0.2) is 9.18 Å². The van der Waals surface area contributed by atoms with Crippen molar-refractivity contribution in [3.05, 3.63) is 95.3 Å². The van der Waals surface area contributed by atoms with Gasteiger partial charge in [-0.1, -0.05) is 48.5 Å². The molecule has 0 saturated heterocycles. The molecule has 0 aliphatic carbocycles. The van der Waals surface area contributed by atoms with E-state index >= 15 is 0 Å². The predicted molar refractivity (Wildman–Crippen MR) is 122 cm³/mol. The number of halogens is 1. The molecule has 3 rings (SSSR count). The highest BCUT2D eigenvalue weighted by molar-refractivity contribution is 5.71. The van der Waals surface area contributed by atoms with Crippen LogP contribution in [0.25, 0.3) is 0 Å². The maximum atomic E-state index is 14.4. The lowest BCUT2D eigenvalue weighted by Crippen LogP contribution is -2.33. The summed E-state index contributed by atoms with van der Waals surface area (Å²) in [6.07, 6.45) is -0.342. The van der Waals surface area contributed by atoms with E-state index in [1.54, 1.807) is 24.3 Å². The van der Waals surface area contributed by atoms with Crippen LogP contribution in [0.15, 0.2) is 72.8 Å². The van der Waals surface area contributed by atoms with E-state index in [9.17, 15) is 19.4 Å². The maximum Gasteiger partial charge on any atom is 0.344 e. The molecule has 33 heavy (non-hydrogen) atoms. The predicted octanol–water partition coefficient (Wildman–Crippen LogP) is 3.91. The zero-order chi connectivity index (χ0) is 23.6. The molecule has 0 heterocycles. The molecule has 3 N–H and O–H groups in total. The Morgan fingerprint density at radius 1 is 1.06 bits per heavy atom. The first kappa shape index (κ1) is 24.2. The van der Waals surface area contributed by atoms with E-state index in [4.69, 9.17) is 9.47 Å². The van der Waals surface area contributed by atoms with Crippen LogP contribution in [-0.2, 0) is 22.6 Å². The van der Waals surface area contributed by atoms with Gasteiger partial charge in [-0.3, -0.25) is 0 Å². The number of phenolic OH excluding ortho intramolecular Hbond substituents is 1. The highest BCUT2D eigenvalue weighted by atomic mass is 19.1. The molecule has 7 heteroatoms. The Balaban J connectivity index is 1.41. The number of carbonyl (C=O) groups is 1. The standard InChI is InChI=1S/C26H28FNO5/c1-18(26(31)21-7-10-22(29)11-8-21)28-14-13-20-9-12-23(15-24(20)27)32-17-25(30)33-16-19-5-3-2-4-6-19/h2-12,15,18,26,28-29,31H,13-14,16-17H2,1H3/t18-,26-/m0/s1. The Kier molecular flexibility index (Phi) is 8.80. The topological polar surface area (TPSA) is 88.0 Å². The van der Waals surface area contributed by atoms with Gasteiger partial charge in [0, 0.05) is 12.1 Å². The van der Waals surface area contributed by atoms with E-state index in [0.717, 1.165) is 5.56 Å². The molecule has 2 atom stereocenters. The SMILES string of the molecule is C[C@H](NCCc1ccc(OCC(=O)OCc2ccccc2)cc1F)[C@H](O)c1ccc(O)cc1. The van der Waals surface area contributed by atoms with E-state index in [1.807, 2.05) is 37.3 Å². The fourth-order valence-corrected chi connectivity index (χ4v) is 3.25. The van der Waals surface area contributed by atoms with Gasteiger partial charge >= 0.3 is 5.97 Å². The van der Waals surface area contributed by atoms with Crippen LogP contribution in [-0.4, -0.2) is 35.4 Å². The lowest BCUT2D eigenvalue weighted by Gasteiger charge is -2.21. The highest BCUT2D eigenvalue weighted by Gasteiger charge is 2.16. The van der Waals surface area contributed by atoms with Gasteiger partial charge in [0.1, 0.15) is 23.9 Å². The molecule has 0 spiro atoms. The van der Waals surface area contributed by atoms with Crippen LogP contribution in [0.1, 0.15) is 29.7 Å². The number of nitrogens with one attached hydrogen (secondary N) is 1. The largest absolute Gasteiger partial charge is 0.508 e. The number of ether oxygens (including phenoxy) is 2. The fourth-order valence-electron chi connectivity index (χ4n) is 3.25. The molecule has 0 aliphatic rings. The molecule has 0 saturated carbocycles. The molecular formula is C26H28FNO5. The molecule has 0 bridgehead atoms. The summed E-state index contributed by atoms with van der Waals surface area (Å²) in [5, 5.41) is 22.9. The van der Waals surface area contributed by atoms with Gasteiger partial charge in [0.05, 0.1) is 6.10 Å². The summed E-state index contributed by atoms with van der Waals surface area (Å²) in [5.74, 6) is -0.581. The number of aromatic hydroxyl groups is 1. The minimum absolute atomic E-state index is 0.138. The van der Waals surface area contributed by atoms with Gasteiger partial charge in [0.25, 0.3) is 0 Å². The summed E-state index contributed by atoms with van der Waals surface area (Å²) >= 11 is 0. The monoisotopic (exact) mass is 453 g/mol. The van der Waals surface area contributed by atoms with Crippen molar-refractivity contribution < 1.29 is 28.9 Å². The van der Waals surface area contributed by atoms with Crippen molar-refractivity contribution in [1.82, 2.24) is 5.32 Å². The number of benzene rings is 3. The fraction of sp³-hybridized carbons (Fsp3) is 0.269. The van der Waals surface area contributed by atoms with E-state index in [0.29, 0.717) is 24.1 Å². The molecule has 0 aliphatic heterocycles. The normalized spacial score (nSPS) is 12.7. The van der Waals surface area contributed by atoms with Crippen molar-refractivity contribution in [2.24, 2.45) is 0 Å². The third-order valence-electron chi connectivity index (χ3n) is 5.19. The number of aliphatic hydroxyl groups is 1. The van der Waals surface area contributed by atoms with Crippen molar-refractivity contribution in [2.45, 2.75) is 32.1 Å². The first-order valence-corrected chi connectivity index (χ1v) is 10.7. The zero-order valence-corrected chi connectivity index (χ0v) is 18.4. The first-order chi connectivity index (χ1) is 15.9. The number of carbonyl (C=O) groups excluding carboxylic acids is 1. The Hall–Kier alpha value is -3.42. The van der Waals surface area contributed by atoms with Gasteiger partial charge in [-0.15, -0.1) is 0 Å². The molecule has 0 aromatic heterocycles. The molecule has 3 aromatic rings. The van der Waals surface area contributed by atoms with Gasteiger partial charge in [0.2, 0.25) is 0 Å². The molecule has 3 aromatic carbocycles. The summed E-state index contributed by atoms with van der Waals surface area (Å²) in [4.78, 5) is 11.8.